The summed E-state index contributed by atoms with van der Waals surface area (Å²) < 4.78 is 19.9. The molecule has 11 heteroatoms. The number of benzene rings is 1. The van der Waals surface area contributed by atoms with Gasteiger partial charge < -0.3 is 19.2 Å². The lowest BCUT2D eigenvalue weighted by atomic mass is 10.1. The Labute approximate surface area is 222 Å². The predicted octanol–water partition coefficient (Wildman–Crippen LogP) is 3.59. The normalized spacial score (nSPS) is 16.4. The van der Waals surface area contributed by atoms with E-state index in [1.54, 1.807) is 14.0 Å². The zero-order valence-electron chi connectivity index (χ0n) is 21.3. The van der Waals surface area contributed by atoms with Crippen molar-refractivity contribution < 1.29 is 18.7 Å². The smallest absolute Gasteiger partial charge is 0.332 e. The second-order valence-electron chi connectivity index (χ2n) is 8.87. The van der Waals surface area contributed by atoms with Crippen molar-refractivity contribution in [2.24, 2.45) is 0 Å². The number of para-hydroxylation sites is 1. The number of methoxy groups -OCH3 is 1. The topological polar surface area (TPSA) is 118 Å². The zero-order valence-corrected chi connectivity index (χ0v) is 22.1. The average Bonchev–Trinajstić information content (AvgIpc) is 3.67. The van der Waals surface area contributed by atoms with Gasteiger partial charge in [0.25, 0.3) is 5.56 Å². The number of fused-ring (bicyclic) bond motifs is 1. The third-order valence-electron chi connectivity index (χ3n) is 6.66. The minimum atomic E-state index is -0.885. The quantitative estimate of drug-likeness (QED) is 0.325. The summed E-state index contributed by atoms with van der Waals surface area (Å²) in [5.41, 5.74) is 0.331. The Balaban J connectivity index is 1.75. The number of ether oxygens (including phenoxy) is 2. The summed E-state index contributed by atoms with van der Waals surface area (Å²) in [6, 6.07) is 6.57. The minimum Gasteiger partial charge on any atom is -0.496 e. The van der Waals surface area contributed by atoms with E-state index in [4.69, 9.17) is 13.9 Å². The monoisotopic (exact) mass is 536 g/mol. The summed E-state index contributed by atoms with van der Waals surface area (Å²) in [5.74, 6) is 0.632. The van der Waals surface area contributed by atoms with Gasteiger partial charge in [-0.15, -0.1) is 11.3 Å². The fourth-order valence-electron chi connectivity index (χ4n) is 4.77. The van der Waals surface area contributed by atoms with Crippen LogP contribution in [0.2, 0.25) is 0 Å². The fraction of sp³-hybridized carbons (Fsp3) is 0.333. The number of rotatable bonds is 9. The Morgan fingerprint density at radius 2 is 2.11 bits per heavy atom. The van der Waals surface area contributed by atoms with E-state index in [-0.39, 0.29) is 12.5 Å². The second-order valence-corrected chi connectivity index (χ2v) is 9.87. The van der Waals surface area contributed by atoms with Crippen LogP contribution < -0.4 is 21.3 Å². The van der Waals surface area contributed by atoms with Crippen molar-refractivity contribution in [2.75, 3.05) is 20.3 Å². The van der Waals surface area contributed by atoms with Crippen LogP contribution in [0.4, 0.5) is 0 Å². The van der Waals surface area contributed by atoms with E-state index >= 15 is 0 Å². The largest absolute Gasteiger partial charge is 0.496 e. The first-order chi connectivity index (χ1) is 18.5. The summed E-state index contributed by atoms with van der Waals surface area (Å²) in [4.78, 5) is 45.8. The van der Waals surface area contributed by atoms with Gasteiger partial charge in [-0.05, 0) is 31.9 Å². The molecule has 4 heterocycles. The molecule has 0 radical (unpaired) electrons. The van der Waals surface area contributed by atoms with Crippen LogP contribution in [0.1, 0.15) is 36.6 Å². The van der Waals surface area contributed by atoms with Gasteiger partial charge in [-0.2, -0.15) is 0 Å². The van der Waals surface area contributed by atoms with Gasteiger partial charge in [0, 0.05) is 12.1 Å². The first kappa shape index (κ1) is 25.7. The summed E-state index contributed by atoms with van der Waals surface area (Å²) >= 11 is 1.26. The van der Waals surface area contributed by atoms with Gasteiger partial charge in [0.05, 0.1) is 36.7 Å². The Bertz CT molecular complexity index is 1610. The molecule has 0 spiro atoms. The number of allylic oxidation sites excluding steroid dienone is 1. The van der Waals surface area contributed by atoms with E-state index < -0.39 is 23.4 Å². The molecule has 1 aromatic carbocycles. The van der Waals surface area contributed by atoms with Gasteiger partial charge in [-0.1, -0.05) is 30.4 Å². The molecule has 1 fully saturated rings. The molecule has 4 aromatic rings. The molecule has 1 unspecified atom stereocenters. The van der Waals surface area contributed by atoms with E-state index in [1.165, 1.54) is 28.4 Å². The number of amides is 1. The molecule has 1 N–H and O–H groups in total. The highest BCUT2D eigenvalue weighted by atomic mass is 32.1. The number of hydrogen-bond donors (Lipinski definition) is 1. The first-order valence-corrected chi connectivity index (χ1v) is 13.1. The van der Waals surface area contributed by atoms with Crippen LogP contribution >= 0.6 is 11.3 Å². The van der Waals surface area contributed by atoms with E-state index in [1.807, 2.05) is 43.3 Å². The third kappa shape index (κ3) is 4.48. The molecule has 38 heavy (non-hydrogen) atoms. The van der Waals surface area contributed by atoms with Crippen LogP contribution in [0.3, 0.4) is 0 Å². The van der Waals surface area contributed by atoms with E-state index in [0.29, 0.717) is 51.9 Å². The Kier molecular flexibility index (Phi) is 7.30. The van der Waals surface area contributed by atoms with Gasteiger partial charge in [0.15, 0.2) is 0 Å². The average molecular weight is 537 g/mol. The van der Waals surface area contributed by atoms with Crippen molar-refractivity contribution in [3.05, 3.63) is 80.8 Å². The van der Waals surface area contributed by atoms with Crippen LogP contribution in [-0.2, 0) is 16.1 Å². The van der Waals surface area contributed by atoms with Crippen molar-refractivity contribution >= 4 is 27.5 Å². The van der Waals surface area contributed by atoms with E-state index in [9.17, 15) is 14.4 Å². The number of oxazole rings is 1. The van der Waals surface area contributed by atoms with Gasteiger partial charge in [0.1, 0.15) is 29.0 Å². The minimum absolute atomic E-state index is 0.0901. The summed E-state index contributed by atoms with van der Waals surface area (Å²) in [6.07, 6.45) is 6.51. The molecular formula is C27H28N4O6S. The number of aryl methyl sites for hydroxylation is 1. The number of carbonyl (C=O) groups is 1. The molecule has 3 aromatic heterocycles. The van der Waals surface area contributed by atoms with Crippen molar-refractivity contribution in [1.82, 2.24) is 19.4 Å². The maximum absolute atomic E-state index is 14.0. The van der Waals surface area contributed by atoms with Gasteiger partial charge in [0.2, 0.25) is 11.8 Å². The van der Waals surface area contributed by atoms with Crippen LogP contribution in [0.25, 0.3) is 21.0 Å². The molecule has 1 aliphatic rings. The number of carbonyl (C=O) groups excluding carboxylic acids is 1. The SMILES string of the molecule is C/C=C/CO[C@@H](Cn1c(=O)n(C2CCNC2=O)c(=O)c2c(C)c(-c3ncco3)sc21)c1ccccc1OC. The molecule has 1 aliphatic heterocycles. The molecule has 10 nitrogen and oxygen atoms in total. The number of nitrogens with zero attached hydrogens (tertiary/aromatic N) is 3. The van der Waals surface area contributed by atoms with Gasteiger partial charge >= 0.3 is 5.69 Å². The highest BCUT2D eigenvalue weighted by Crippen LogP contribution is 2.37. The maximum Gasteiger partial charge on any atom is 0.332 e. The Morgan fingerprint density at radius 1 is 1.29 bits per heavy atom. The number of hydrogen-bond acceptors (Lipinski definition) is 8. The Hall–Kier alpha value is -3.96. The molecule has 0 saturated carbocycles. The molecule has 5 rings (SSSR count). The standard InChI is InChI=1S/C27H28N4O6S/c1-4-5-13-36-20(17-8-6-7-9-19(17)35-3)15-30-26-21(16(2)22(38-26)24-29-12-14-37-24)25(33)31(27(30)34)18-10-11-28-23(18)32/h4-9,12,14,18,20H,10-11,13,15H2,1-3H3,(H,28,32)/b5-4+/t18?,20-/m0/s1. The molecular weight excluding hydrogens is 508 g/mol. The second kappa shape index (κ2) is 10.8. The van der Waals surface area contributed by atoms with Gasteiger partial charge in [-0.25, -0.2) is 14.3 Å². The summed E-state index contributed by atoms with van der Waals surface area (Å²) in [5, 5.41) is 3.09. The van der Waals surface area contributed by atoms with Gasteiger partial charge in [-0.3, -0.25) is 14.2 Å². The van der Waals surface area contributed by atoms with E-state index in [2.05, 4.69) is 10.3 Å². The van der Waals surface area contributed by atoms with Crippen LogP contribution in [-0.4, -0.2) is 40.3 Å². The molecule has 198 valence electrons. The van der Waals surface area contributed by atoms with Crippen LogP contribution in [0.15, 0.2) is 62.9 Å². The van der Waals surface area contributed by atoms with Crippen molar-refractivity contribution in [2.45, 2.75) is 39.0 Å². The molecule has 1 amide bonds. The van der Waals surface area contributed by atoms with Crippen LogP contribution in [0, 0.1) is 6.92 Å². The van der Waals surface area contributed by atoms with E-state index in [0.717, 1.165) is 10.1 Å². The first-order valence-electron chi connectivity index (χ1n) is 12.3. The maximum atomic E-state index is 14.0. The highest BCUT2D eigenvalue weighted by molar-refractivity contribution is 7.22. The fourth-order valence-corrected chi connectivity index (χ4v) is 6.02. The third-order valence-corrected chi connectivity index (χ3v) is 7.97. The number of thiophene rings is 1. The summed E-state index contributed by atoms with van der Waals surface area (Å²) in [6.45, 7) is 4.50. The lowest BCUT2D eigenvalue weighted by Crippen LogP contribution is -2.44. The van der Waals surface area contributed by atoms with Crippen LogP contribution in [0.5, 0.6) is 5.75 Å². The molecule has 1 saturated heterocycles. The van der Waals surface area contributed by atoms with Crippen molar-refractivity contribution in [3.8, 4) is 16.5 Å². The Morgan fingerprint density at radius 3 is 2.79 bits per heavy atom. The predicted molar refractivity (Wildman–Crippen MR) is 144 cm³/mol. The molecule has 2 atom stereocenters. The number of aromatic nitrogens is 3. The summed E-state index contributed by atoms with van der Waals surface area (Å²) in [7, 11) is 1.58. The van der Waals surface area contributed by atoms with Crippen molar-refractivity contribution in [3.63, 3.8) is 0 Å². The lowest BCUT2D eigenvalue weighted by molar-refractivity contribution is -0.122. The zero-order chi connectivity index (χ0) is 26.8. The highest BCUT2D eigenvalue weighted by Gasteiger charge is 2.32. The molecule has 0 aliphatic carbocycles. The van der Waals surface area contributed by atoms with Crippen molar-refractivity contribution in [1.29, 1.82) is 0 Å². The molecule has 0 bridgehead atoms. The number of nitrogens with one attached hydrogen (secondary N) is 1. The lowest BCUT2D eigenvalue weighted by Gasteiger charge is -2.22.